The van der Waals surface area contributed by atoms with E-state index in [0.29, 0.717) is 0 Å². The number of hydrogen-bond donors (Lipinski definition) is 4. The zero-order valence-corrected chi connectivity index (χ0v) is 21.9. The second-order valence-electron chi connectivity index (χ2n) is 7.41. The molecule has 2 fully saturated rings. The van der Waals surface area contributed by atoms with Crippen molar-refractivity contribution in [2.75, 3.05) is 44.8 Å². The Morgan fingerprint density at radius 2 is 2.21 bits per heavy atom. The largest absolute Gasteiger partial charge is 1.00 e. The summed E-state index contributed by atoms with van der Waals surface area (Å²) in [6.45, 7) is -1.09. The van der Waals surface area contributed by atoms with Gasteiger partial charge in [0, 0.05) is 31.3 Å². The minimum Gasteiger partial charge on any atom is -0.549 e. The molecule has 2 aliphatic rings. The van der Waals surface area contributed by atoms with Crippen LogP contribution >= 0.6 is 23.1 Å². The molecule has 5 N–H and O–H groups in total. The number of oxime groups is 1. The van der Waals surface area contributed by atoms with E-state index in [9.17, 15) is 29.5 Å². The first-order valence-electron chi connectivity index (χ1n) is 9.50. The van der Waals surface area contributed by atoms with Gasteiger partial charge >= 0.3 is 35.7 Å². The average molecular weight is 525 g/mol. The monoisotopic (exact) mass is 524 g/mol. The first-order valence-corrected chi connectivity index (χ1v) is 11.4. The van der Waals surface area contributed by atoms with Crippen molar-refractivity contribution in [1.29, 1.82) is 0 Å². The molecule has 3 atom stereocenters. The van der Waals surface area contributed by atoms with Gasteiger partial charge in [0.05, 0.1) is 18.0 Å². The van der Waals surface area contributed by atoms with E-state index in [-0.39, 0.29) is 65.8 Å². The number of ether oxygens (including phenoxy) is 1. The fourth-order valence-electron chi connectivity index (χ4n) is 3.27. The number of fused-ring (bicyclic) bond motifs is 1. The molecule has 0 saturated carbocycles. The Hall–Kier alpha value is -2.11. The number of aliphatic hydroxyl groups is 1. The molecule has 0 bridgehead atoms. The number of nitrogens with two attached hydrogens (primary N) is 1. The van der Waals surface area contributed by atoms with Crippen LogP contribution in [0.5, 0.6) is 0 Å². The van der Waals surface area contributed by atoms with Crippen molar-refractivity contribution in [3.05, 3.63) is 11.1 Å². The Morgan fingerprint density at radius 1 is 1.50 bits per heavy atom. The Kier molecular flexibility index (Phi) is 9.55. The molecule has 0 aliphatic carbocycles. The van der Waals surface area contributed by atoms with Crippen LogP contribution in [0.1, 0.15) is 5.69 Å². The van der Waals surface area contributed by atoms with E-state index in [1.54, 1.807) is 0 Å². The molecule has 2 unspecified atom stereocenters. The molecule has 1 aromatic rings. The number of anilines is 1. The number of β-lactam (4-membered cyclic amide) rings is 1. The summed E-state index contributed by atoms with van der Waals surface area (Å²) in [6.07, 6.45) is -0.824. The minimum atomic E-state index is -1.64. The third-order valence-corrected chi connectivity index (χ3v) is 7.42. The second kappa shape index (κ2) is 11.5. The van der Waals surface area contributed by atoms with Crippen LogP contribution in [0.15, 0.2) is 10.5 Å². The van der Waals surface area contributed by atoms with Gasteiger partial charge in [0.25, 0.3) is 5.91 Å². The number of thiazole rings is 1. The van der Waals surface area contributed by atoms with Gasteiger partial charge in [-0.2, -0.15) is 0 Å². The summed E-state index contributed by atoms with van der Waals surface area (Å²) in [6, 6.07) is -0.978. The molecular weight excluding hydrogens is 503 g/mol. The average Bonchev–Trinajstić information content (AvgIpc) is 3.21. The maximum Gasteiger partial charge on any atom is 1.00 e. The minimum absolute atomic E-state index is 0. The number of hydrogen-bond acceptors (Lipinski definition) is 13. The van der Waals surface area contributed by atoms with Crippen LogP contribution in [-0.4, -0.2) is 105 Å². The molecule has 2 saturated heterocycles. The van der Waals surface area contributed by atoms with Gasteiger partial charge in [-0.05, 0) is 0 Å². The molecule has 3 rings (SSSR count). The Morgan fingerprint density at radius 3 is 2.76 bits per heavy atom. The number of carboxylic acids is 1. The molecule has 0 radical (unpaired) electrons. The molecule has 2 aliphatic heterocycles. The number of likely N-dealkylation sites (N-methyl/N-ethyl adjacent to an activating group) is 1. The zero-order valence-electron chi connectivity index (χ0n) is 18.3. The van der Waals surface area contributed by atoms with E-state index in [0.717, 1.165) is 28.0 Å². The van der Waals surface area contributed by atoms with Crippen molar-refractivity contribution in [3.63, 3.8) is 0 Å². The zero-order chi connectivity index (χ0) is 24.3. The van der Waals surface area contributed by atoms with Crippen molar-refractivity contribution in [1.82, 2.24) is 20.1 Å². The van der Waals surface area contributed by atoms with Crippen LogP contribution in [0, 0.1) is 5.41 Å². The molecule has 0 spiro atoms. The van der Waals surface area contributed by atoms with Crippen molar-refractivity contribution >= 4 is 57.8 Å². The van der Waals surface area contributed by atoms with Gasteiger partial charge in [-0.1, -0.05) is 5.16 Å². The number of rotatable bonds is 8. The van der Waals surface area contributed by atoms with E-state index in [1.807, 2.05) is 0 Å². The van der Waals surface area contributed by atoms with Gasteiger partial charge < -0.3 is 45.8 Å². The summed E-state index contributed by atoms with van der Waals surface area (Å²) in [7, 11) is 1.38. The van der Waals surface area contributed by atoms with Gasteiger partial charge in [-0.25, -0.2) is 9.78 Å². The van der Waals surface area contributed by atoms with Crippen LogP contribution < -0.4 is 45.7 Å². The van der Waals surface area contributed by atoms with Crippen molar-refractivity contribution in [3.8, 4) is 0 Å². The maximum absolute atomic E-state index is 12.6. The van der Waals surface area contributed by atoms with Gasteiger partial charge in [0.2, 0.25) is 5.91 Å². The SMILES string of the molecule is CN(CCO)C(=O)OCC1(C(=O)[O-])CS[C@@H]2C(NC(=O)C(=NO)c3csc(N)n3)C(=O)N2C1.[Na+]. The van der Waals surface area contributed by atoms with Crippen molar-refractivity contribution in [2.24, 2.45) is 10.6 Å². The van der Waals surface area contributed by atoms with E-state index in [2.05, 4.69) is 15.5 Å². The number of nitrogens with zero attached hydrogens (tertiary/aromatic N) is 4. The number of carbonyl (C=O) groups is 4. The van der Waals surface area contributed by atoms with E-state index in [1.165, 1.54) is 17.3 Å². The number of carboxylic acid groups (broad SMARTS) is 1. The van der Waals surface area contributed by atoms with Crippen LogP contribution in [0.3, 0.4) is 0 Å². The van der Waals surface area contributed by atoms with Crippen LogP contribution in [0.25, 0.3) is 0 Å². The molecule has 180 valence electrons. The number of nitrogens with one attached hydrogen (secondary N) is 1. The van der Waals surface area contributed by atoms with Crippen molar-refractivity contribution in [2.45, 2.75) is 11.4 Å². The summed E-state index contributed by atoms with van der Waals surface area (Å²) in [5.41, 5.74) is 3.50. The van der Waals surface area contributed by atoms with Crippen LogP contribution in [-0.2, 0) is 19.1 Å². The molecule has 3 amide bonds. The fraction of sp³-hybridized carbons (Fsp3) is 0.529. The van der Waals surface area contributed by atoms with E-state index in [4.69, 9.17) is 15.6 Å². The number of nitrogen functional groups attached to an aromatic ring is 1. The predicted octanol–water partition coefficient (Wildman–Crippen LogP) is -5.90. The molecule has 17 heteroatoms. The predicted molar refractivity (Wildman–Crippen MR) is 113 cm³/mol. The number of aliphatic hydroxyl groups excluding tert-OH is 1. The van der Waals surface area contributed by atoms with Gasteiger partial charge in [-0.3, -0.25) is 9.59 Å². The number of thioether (sulfide) groups is 1. The smallest absolute Gasteiger partial charge is 0.549 e. The van der Waals surface area contributed by atoms with E-state index < -0.39 is 53.0 Å². The summed E-state index contributed by atoms with van der Waals surface area (Å²) in [5, 5.41) is 36.4. The number of aromatic nitrogens is 1. The summed E-state index contributed by atoms with van der Waals surface area (Å²) >= 11 is 2.12. The number of carbonyl (C=O) groups excluding carboxylic acids is 4. The first kappa shape index (κ1) is 28.1. The number of amides is 3. The van der Waals surface area contributed by atoms with Crippen molar-refractivity contribution < 1.29 is 68.9 Å². The van der Waals surface area contributed by atoms with Gasteiger partial charge in [0.1, 0.15) is 23.7 Å². The quantitative estimate of drug-likeness (QED) is 0.0827. The first-order chi connectivity index (χ1) is 15.6. The third-order valence-electron chi connectivity index (χ3n) is 5.16. The molecule has 34 heavy (non-hydrogen) atoms. The topological polar surface area (TPSA) is 211 Å². The Bertz CT molecular complexity index is 993. The molecule has 1 aromatic heterocycles. The fourth-order valence-corrected chi connectivity index (χ4v) is 5.33. The summed E-state index contributed by atoms with van der Waals surface area (Å²) < 4.78 is 5.07. The number of aliphatic carboxylic acids is 1. The molecule has 0 aromatic carbocycles. The Balaban J connectivity index is 0.00000408. The molecule has 3 heterocycles. The van der Waals surface area contributed by atoms with Crippen LogP contribution in [0.2, 0.25) is 0 Å². The summed E-state index contributed by atoms with van der Waals surface area (Å²) in [4.78, 5) is 55.1. The normalized spacial score (nSPS) is 23.8. The summed E-state index contributed by atoms with van der Waals surface area (Å²) in [5.74, 6) is -2.93. The van der Waals surface area contributed by atoms with Gasteiger partial charge in [-0.15, -0.1) is 23.1 Å². The Labute approximate surface area is 223 Å². The standard InChI is InChI=1S/C17H22N6O8S2.Na/c1-22(2-3-24)16(29)31-6-17(14(27)28)5-23-12(26)10(13(23)33-7-17)20-11(25)9(21-30)8-4-32-15(18)19-8;/h4,10,13,24,30H,2-3,5-7H2,1H3,(H2,18,19)(H,20,25)(H,27,28);/q;+1/p-1/t10?,13-,17?;/m1./s1. The second-order valence-corrected chi connectivity index (χ2v) is 9.40. The molecular formula is C17H21N6NaO8S2. The molecule has 14 nitrogen and oxygen atoms in total. The van der Waals surface area contributed by atoms with Crippen LogP contribution in [0.4, 0.5) is 9.93 Å². The third kappa shape index (κ3) is 5.58. The van der Waals surface area contributed by atoms with Gasteiger partial charge in [0.15, 0.2) is 10.8 Å². The maximum atomic E-state index is 12.6. The van der Waals surface area contributed by atoms with E-state index >= 15 is 0 Å².